The summed E-state index contributed by atoms with van der Waals surface area (Å²) in [6.07, 6.45) is 0. The summed E-state index contributed by atoms with van der Waals surface area (Å²) in [5.41, 5.74) is 0.617. The van der Waals surface area contributed by atoms with E-state index in [2.05, 4.69) is 4.90 Å². The van der Waals surface area contributed by atoms with Gasteiger partial charge < -0.3 is 0 Å². The first kappa shape index (κ1) is 12.2. The van der Waals surface area contributed by atoms with Gasteiger partial charge in [-0.25, -0.2) is 0 Å². The van der Waals surface area contributed by atoms with Crippen molar-refractivity contribution in [3.05, 3.63) is 34.9 Å². The van der Waals surface area contributed by atoms with Crippen LogP contribution < -0.4 is 0 Å². The third kappa shape index (κ3) is 3.33. The second-order valence-corrected chi connectivity index (χ2v) is 3.77. The van der Waals surface area contributed by atoms with Crippen molar-refractivity contribution in [2.75, 3.05) is 19.6 Å². The zero-order valence-electron chi connectivity index (χ0n) is 9.16. The molecule has 0 saturated heterocycles. The van der Waals surface area contributed by atoms with E-state index in [1.807, 2.05) is 26.0 Å². The summed E-state index contributed by atoms with van der Waals surface area (Å²) < 4.78 is 0. The molecule has 0 unspecified atom stereocenters. The van der Waals surface area contributed by atoms with E-state index in [0.29, 0.717) is 17.1 Å². The Morgan fingerprint density at radius 2 is 1.87 bits per heavy atom. The number of carbonyl (C=O) groups excluding carboxylic acids is 1. The van der Waals surface area contributed by atoms with Crippen molar-refractivity contribution in [3.63, 3.8) is 0 Å². The molecule has 0 N–H and O–H groups in total. The van der Waals surface area contributed by atoms with Crippen LogP contribution >= 0.6 is 11.6 Å². The van der Waals surface area contributed by atoms with Crippen LogP contribution in [0.2, 0.25) is 5.02 Å². The van der Waals surface area contributed by atoms with E-state index in [1.165, 1.54) is 0 Å². The lowest BCUT2D eigenvalue weighted by Gasteiger charge is -2.16. The van der Waals surface area contributed by atoms with Crippen LogP contribution in [0.5, 0.6) is 0 Å². The highest BCUT2D eigenvalue weighted by Gasteiger charge is 2.12. The number of likely N-dealkylation sites (N-methyl/N-ethyl adjacent to an activating group) is 1. The molecule has 2 nitrogen and oxygen atoms in total. The van der Waals surface area contributed by atoms with Crippen molar-refractivity contribution in [2.24, 2.45) is 0 Å². The van der Waals surface area contributed by atoms with E-state index < -0.39 is 0 Å². The highest BCUT2D eigenvalue weighted by atomic mass is 35.5. The van der Waals surface area contributed by atoms with Crippen LogP contribution in [0.3, 0.4) is 0 Å². The Balaban J connectivity index is 2.73. The van der Waals surface area contributed by atoms with Crippen molar-refractivity contribution in [1.82, 2.24) is 4.90 Å². The molecule has 0 heterocycles. The second-order valence-electron chi connectivity index (χ2n) is 3.36. The molecule has 0 amide bonds. The molecule has 0 radical (unpaired) electrons. The zero-order valence-corrected chi connectivity index (χ0v) is 9.92. The average molecular weight is 226 g/mol. The Labute approximate surface area is 95.8 Å². The number of hydrogen-bond donors (Lipinski definition) is 0. The number of halogens is 1. The Bertz CT molecular complexity index is 334. The van der Waals surface area contributed by atoms with Crippen LogP contribution in [-0.2, 0) is 0 Å². The topological polar surface area (TPSA) is 20.3 Å². The first-order valence-electron chi connectivity index (χ1n) is 5.19. The Kier molecular flexibility index (Phi) is 4.79. The highest BCUT2D eigenvalue weighted by Crippen LogP contribution is 2.15. The molecule has 0 fully saturated rings. The largest absolute Gasteiger partial charge is 0.296 e. The maximum atomic E-state index is 11.9. The van der Waals surface area contributed by atoms with Crippen LogP contribution in [0.1, 0.15) is 24.2 Å². The first-order valence-corrected chi connectivity index (χ1v) is 5.56. The van der Waals surface area contributed by atoms with Crippen molar-refractivity contribution in [2.45, 2.75) is 13.8 Å². The lowest BCUT2D eigenvalue weighted by Crippen LogP contribution is -2.29. The fourth-order valence-electron chi connectivity index (χ4n) is 1.42. The number of benzene rings is 1. The third-order valence-electron chi connectivity index (χ3n) is 2.44. The van der Waals surface area contributed by atoms with Gasteiger partial charge in [-0.15, -0.1) is 0 Å². The molecule has 0 aliphatic carbocycles. The molecular weight excluding hydrogens is 210 g/mol. The molecule has 0 aromatic heterocycles. The molecule has 0 saturated carbocycles. The number of ketones is 1. The fraction of sp³-hybridized carbons (Fsp3) is 0.417. The maximum absolute atomic E-state index is 11.9. The number of nitrogens with zero attached hydrogens (tertiary/aromatic N) is 1. The summed E-state index contributed by atoms with van der Waals surface area (Å²) >= 11 is 5.95. The Hall–Kier alpha value is -0.860. The predicted octanol–water partition coefficient (Wildman–Crippen LogP) is 2.86. The first-order chi connectivity index (χ1) is 7.19. The SMILES string of the molecule is CCN(CC)CC(=O)c1ccccc1Cl. The van der Waals surface area contributed by atoms with E-state index in [0.717, 1.165) is 13.1 Å². The van der Waals surface area contributed by atoms with Gasteiger partial charge in [-0.05, 0) is 25.2 Å². The van der Waals surface area contributed by atoms with Gasteiger partial charge in [0.1, 0.15) is 0 Å². The van der Waals surface area contributed by atoms with Gasteiger partial charge >= 0.3 is 0 Å². The number of carbonyl (C=O) groups is 1. The molecule has 0 spiro atoms. The normalized spacial score (nSPS) is 10.7. The molecule has 3 heteroatoms. The molecule has 0 bridgehead atoms. The molecule has 0 atom stereocenters. The minimum Gasteiger partial charge on any atom is -0.296 e. The van der Waals surface area contributed by atoms with Crippen LogP contribution in [0, 0.1) is 0 Å². The third-order valence-corrected chi connectivity index (χ3v) is 2.77. The monoisotopic (exact) mass is 225 g/mol. The van der Waals surface area contributed by atoms with Gasteiger partial charge in [0, 0.05) is 5.56 Å². The molecule has 82 valence electrons. The molecule has 1 aromatic rings. The highest BCUT2D eigenvalue weighted by molar-refractivity contribution is 6.34. The van der Waals surface area contributed by atoms with Crippen LogP contribution in [0.4, 0.5) is 0 Å². The molecule has 15 heavy (non-hydrogen) atoms. The molecule has 0 aliphatic heterocycles. The molecular formula is C12H16ClNO. The van der Waals surface area contributed by atoms with Crippen molar-refractivity contribution in [1.29, 1.82) is 0 Å². The predicted molar refractivity (Wildman–Crippen MR) is 63.6 cm³/mol. The van der Waals surface area contributed by atoms with E-state index in [9.17, 15) is 4.79 Å². The molecule has 1 aromatic carbocycles. The van der Waals surface area contributed by atoms with Crippen molar-refractivity contribution >= 4 is 17.4 Å². The van der Waals surface area contributed by atoms with E-state index in [1.54, 1.807) is 12.1 Å². The summed E-state index contributed by atoms with van der Waals surface area (Å²) in [5, 5.41) is 0.537. The van der Waals surface area contributed by atoms with Crippen LogP contribution in [0.25, 0.3) is 0 Å². The van der Waals surface area contributed by atoms with Crippen LogP contribution in [0.15, 0.2) is 24.3 Å². The van der Waals surface area contributed by atoms with Crippen molar-refractivity contribution in [3.8, 4) is 0 Å². The fourth-order valence-corrected chi connectivity index (χ4v) is 1.66. The summed E-state index contributed by atoms with van der Waals surface area (Å²) in [6, 6.07) is 7.18. The van der Waals surface area contributed by atoms with Gasteiger partial charge in [-0.3, -0.25) is 9.69 Å². The average Bonchev–Trinajstić information content (AvgIpc) is 2.26. The smallest absolute Gasteiger partial charge is 0.178 e. The van der Waals surface area contributed by atoms with Crippen LogP contribution in [-0.4, -0.2) is 30.3 Å². The second kappa shape index (κ2) is 5.89. The Morgan fingerprint density at radius 3 is 2.40 bits per heavy atom. The summed E-state index contributed by atoms with van der Waals surface area (Å²) in [4.78, 5) is 13.9. The van der Waals surface area contributed by atoms with Crippen molar-refractivity contribution < 1.29 is 4.79 Å². The lowest BCUT2D eigenvalue weighted by molar-refractivity contribution is 0.0937. The van der Waals surface area contributed by atoms with Gasteiger partial charge in [0.2, 0.25) is 0 Å². The lowest BCUT2D eigenvalue weighted by atomic mass is 10.1. The van der Waals surface area contributed by atoms with Gasteiger partial charge in [-0.1, -0.05) is 37.6 Å². The molecule has 0 aliphatic rings. The van der Waals surface area contributed by atoms with Gasteiger partial charge in [0.15, 0.2) is 5.78 Å². The van der Waals surface area contributed by atoms with E-state index in [4.69, 9.17) is 11.6 Å². The minimum atomic E-state index is 0.0873. The summed E-state index contributed by atoms with van der Waals surface area (Å²) in [5.74, 6) is 0.0873. The van der Waals surface area contributed by atoms with Gasteiger partial charge in [0.25, 0.3) is 0 Å². The van der Waals surface area contributed by atoms with E-state index in [-0.39, 0.29) is 5.78 Å². The van der Waals surface area contributed by atoms with E-state index >= 15 is 0 Å². The quantitative estimate of drug-likeness (QED) is 0.719. The number of Topliss-reactive ketones (excluding diaryl/α,β-unsaturated/α-hetero) is 1. The van der Waals surface area contributed by atoms with Gasteiger partial charge in [-0.2, -0.15) is 0 Å². The number of rotatable bonds is 5. The standard InChI is InChI=1S/C12H16ClNO/c1-3-14(4-2)9-12(15)10-7-5-6-8-11(10)13/h5-8H,3-4,9H2,1-2H3. The summed E-state index contributed by atoms with van der Waals surface area (Å²) in [6.45, 7) is 6.29. The minimum absolute atomic E-state index is 0.0873. The Morgan fingerprint density at radius 1 is 1.27 bits per heavy atom. The maximum Gasteiger partial charge on any atom is 0.178 e. The number of hydrogen-bond acceptors (Lipinski definition) is 2. The van der Waals surface area contributed by atoms with Gasteiger partial charge in [0.05, 0.1) is 11.6 Å². The summed E-state index contributed by atoms with van der Waals surface area (Å²) in [7, 11) is 0. The zero-order chi connectivity index (χ0) is 11.3. The molecule has 1 rings (SSSR count).